The first-order valence-electron chi connectivity index (χ1n) is 6.07. The molecular weight excluding hydrogens is 242 g/mol. The Morgan fingerprint density at radius 3 is 2.53 bits per heavy atom. The Morgan fingerprint density at radius 2 is 2.05 bits per heavy atom. The zero-order valence-electron chi connectivity index (χ0n) is 11.3. The average molecular weight is 259 g/mol. The molecule has 0 aromatic carbocycles. The second kappa shape index (κ2) is 5.09. The molecule has 0 aliphatic carbocycles. The lowest BCUT2D eigenvalue weighted by atomic mass is 10.2. The van der Waals surface area contributed by atoms with Gasteiger partial charge in [0.2, 0.25) is 0 Å². The van der Waals surface area contributed by atoms with Crippen LogP contribution in [0.3, 0.4) is 0 Å². The highest BCUT2D eigenvalue weighted by molar-refractivity contribution is 6.08. The Morgan fingerprint density at radius 1 is 1.42 bits per heavy atom. The Labute approximate surface area is 111 Å². The van der Waals surface area contributed by atoms with Gasteiger partial charge in [0.15, 0.2) is 0 Å². The standard InChI is InChI=1S/C13H17N5O/c1-4-18(10-5-7-15-8-6-10)13(19)12-11(14)9(2)16-17(12)3/h5-8H,4,14H2,1-3H3. The number of pyridine rings is 1. The number of carbonyl (C=O) groups excluding carboxylic acids is 1. The van der Waals surface area contributed by atoms with Crippen molar-refractivity contribution in [3.05, 3.63) is 35.9 Å². The molecule has 2 N–H and O–H groups in total. The molecule has 6 heteroatoms. The maximum Gasteiger partial charge on any atom is 0.278 e. The first-order chi connectivity index (χ1) is 9.06. The average Bonchev–Trinajstić information content (AvgIpc) is 2.65. The molecule has 0 fully saturated rings. The molecule has 1 amide bonds. The molecule has 0 unspecified atom stereocenters. The van der Waals surface area contributed by atoms with Crippen LogP contribution in [0.2, 0.25) is 0 Å². The van der Waals surface area contributed by atoms with Gasteiger partial charge in [0.1, 0.15) is 5.69 Å². The molecule has 0 radical (unpaired) electrons. The van der Waals surface area contributed by atoms with Gasteiger partial charge in [0.05, 0.1) is 11.4 Å². The van der Waals surface area contributed by atoms with Crippen molar-refractivity contribution in [1.82, 2.24) is 14.8 Å². The molecule has 100 valence electrons. The summed E-state index contributed by atoms with van der Waals surface area (Å²) in [5, 5.41) is 4.17. The van der Waals surface area contributed by atoms with E-state index in [9.17, 15) is 4.79 Å². The van der Waals surface area contributed by atoms with Gasteiger partial charge in [-0.05, 0) is 26.0 Å². The van der Waals surface area contributed by atoms with E-state index in [0.717, 1.165) is 5.69 Å². The van der Waals surface area contributed by atoms with Gasteiger partial charge in [-0.2, -0.15) is 5.10 Å². The third-order valence-electron chi connectivity index (χ3n) is 3.01. The normalized spacial score (nSPS) is 10.5. The highest BCUT2D eigenvalue weighted by atomic mass is 16.2. The number of hydrogen-bond acceptors (Lipinski definition) is 4. The molecule has 0 spiro atoms. The van der Waals surface area contributed by atoms with E-state index in [1.165, 1.54) is 4.68 Å². The number of nitrogen functional groups attached to an aromatic ring is 1. The van der Waals surface area contributed by atoms with Crippen LogP contribution in [0.15, 0.2) is 24.5 Å². The van der Waals surface area contributed by atoms with Crippen LogP contribution in [0.1, 0.15) is 23.1 Å². The van der Waals surface area contributed by atoms with Crippen molar-refractivity contribution in [3.8, 4) is 0 Å². The third-order valence-corrected chi connectivity index (χ3v) is 3.01. The molecule has 0 saturated heterocycles. The van der Waals surface area contributed by atoms with E-state index >= 15 is 0 Å². The quantitative estimate of drug-likeness (QED) is 0.903. The number of nitrogens with two attached hydrogens (primary N) is 1. The smallest absolute Gasteiger partial charge is 0.278 e. The first-order valence-corrected chi connectivity index (χ1v) is 6.07. The SMILES string of the molecule is CCN(C(=O)c1c(N)c(C)nn1C)c1ccncc1. The van der Waals surface area contributed by atoms with Crippen LogP contribution in [0.4, 0.5) is 11.4 Å². The van der Waals surface area contributed by atoms with E-state index in [4.69, 9.17) is 5.73 Å². The van der Waals surface area contributed by atoms with Crippen molar-refractivity contribution in [2.45, 2.75) is 13.8 Å². The maximum atomic E-state index is 12.6. The van der Waals surface area contributed by atoms with Gasteiger partial charge in [-0.25, -0.2) is 0 Å². The van der Waals surface area contributed by atoms with E-state index in [1.807, 2.05) is 6.92 Å². The predicted molar refractivity (Wildman–Crippen MR) is 73.9 cm³/mol. The second-order valence-electron chi connectivity index (χ2n) is 4.23. The summed E-state index contributed by atoms with van der Waals surface area (Å²) in [7, 11) is 1.72. The molecular formula is C13H17N5O. The van der Waals surface area contributed by atoms with Crippen molar-refractivity contribution < 1.29 is 4.79 Å². The fraction of sp³-hybridized carbons (Fsp3) is 0.308. The van der Waals surface area contributed by atoms with Crippen LogP contribution in [-0.2, 0) is 7.05 Å². The molecule has 2 aromatic heterocycles. The highest BCUT2D eigenvalue weighted by Gasteiger charge is 2.23. The largest absolute Gasteiger partial charge is 0.395 e. The van der Waals surface area contributed by atoms with Crippen molar-refractivity contribution in [3.63, 3.8) is 0 Å². The van der Waals surface area contributed by atoms with Gasteiger partial charge >= 0.3 is 0 Å². The number of hydrogen-bond donors (Lipinski definition) is 1. The summed E-state index contributed by atoms with van der Waals surface area (Å²) >= 11 is 0. The Balaban J connectivity index is 2.42. The van der Waals surface area contributed by atoms with E-state index in [-0.39, 0.29) is 5.91 Å². The van der Waals surface area contributed by atoms with Gasteiger partial charge in [-0.15, -0.1) is 0 Å². The fourth-order valence-electron chi connectivity index (χ4n) is 2.02. The van der Waals surface area contributed by atoms with Crippen LogP contribution in [-0.4, -0.2) is 27.2 Å². The highest BCUT2D eigenvalue weighted by Crippen LogP contribution is 2.21. The van der Waals surface area contributed by atoms with Gasteiger partial charge in [-0.3, -0.25) is 14.5 Å². The Bertz CT molecular complexity index is 591. The summed E-state index contributed by atoms with van der Waals surface area (Å²) in [6, 6.07) is 3.58. The summed E-state index contributed by atoms with van der Waals surface area (Å²) in [6.45, 7) is 4.25. The number of amides is 1. The van der Waals surface area contributed by atoms with Crippen LogP contribution in [0.25, 0.3) is 0 Å². The monoisotopic (exact) mass is 259 g/mol. The molecule has 0 bridgehead atoms. The molecule has 2 rings (SSSR count). The molecule has 0 aliphatic heterocycles. The molecule has 2 heterocycles. The summed E-state index contributed by atoms with van der Waals surface area (Å²) in [4.78, 5) is 18.2. The zero-order valence-corrected chi connectivity index (χ0v) is 11.3. The molecule has 0 atom stereocenters. The third kappa shape index (κ3) is 2.29. The van der Waals surface area contributed by atoms with Crippen LogP contribution >= 0.6 is 0 Å². The van der Waals surface area contributed by atoms with Crippen molar-refractivity contribution in [2.75, 3.05) is 17.2 Å². The number of nitrogens with zero attached hydrogens (tertiary/aromatic N) is 4. The van der Waals surface area contributed by atoms with Crippen LogP contribution in [0.5, 0.6) is 0 Å². The fourth-order valence-corrected chi connectivity index (χ4v) is 2.02. The molecule has 0 aliphatic rings. The van der Waals surface area contributed by atoms with Crippen LogP contribution in [0, 0.1) is 6.92 Å². The van der Waals surface area contributed by atoms with E-state index < -0.39 is 0 Å². The van der Waals surface area contributed by atoms with Crippen LogP contribution < -0.4 is 10.6 Å². The van der Waals surface area contributed by atoms with Gasteiger partial charge < -0.3 is 10.6 Å². The number of anilines is 2. The Hall–Kier alpha value is -2.37. The molecule has 2 aromatic rings. The van der Waals surface area contributed by atoms with E-state index in [0.29, 0.717) is 23.6 Å². The lowest BCUT2D eigenvalue weighted by Crippen LogP contribution is -2.32. The predicted octanol–water partition coefficient (Wildman–Crippen LogP) is 1.37. The second-order valence-corrected chi connectivity index (χ2v) is 4.23. The minimum atomic E-state index is -0.158. The number of carbonyl (C=O) groups is 1. The summed E-state index contributed by atoms with van der Waals surface area (Å²) in [5.41, 5.74) is 8.23. The van der Waals surface area contributed by atoms with Gasteiger partial charge in [0, 0.05) is 31.7 Å². The summed E-state index contributed by atoms with van der Waals surface area (Å²) in [5.74, 6) is -0.158. The Kier molecular flexibility index (Phi) is 3.50. The molecule has 0 saturated carbocycles. The maximum absolute atomic E-state index is 12.6. The van der Waals surface area contributed by atoms with Gasteiger partial charge in [0.25, 0.3) is 5.91 Å². The van der Waals surface area contributed by atoms with Crippen molar-refractivity contribution >= 4 is 17.3 Å². The number of aromatic nitrogens is 3. The number of aryl methyl sites for hydroxylation is 2. The zero-order chi connectivity index (χ0) is 14.0. The molecule has 19 heavy (non-hydrogen) atoms. The number of rotatable bonds is 3. The summed E-state index contributed by atoms with van der Waals surface area (Å²) in [6.07, 6.45) is 3.31. The first kappa shape index (κ1) is 13.1. The lowest BCUT2D eigenvalue weighted by Gasteiger charge is -2.21. The topological polar surface area (TPSA) is 77.0 Å². The van der Waals surface area contributed by atoms with E-state index in [2.05, 4.69) is 10.1 Å². The van der Waals surface area contributed by atoms with E-state index in [1.54, 1.807) is 43.4 Å². The van der Waals surface area contributed by atoms with Gasteiger partial charge in [-0.1, -0.05) is 0 Å². The lowest BCUT2D eigenvalue weighted by molar-refractivity contribution is 0.0980. The van der Waals surface area contributed by atoms with Crippen molar-refractivity contribution in [2.24, 2.45) is 7.05 Å². The minimum Gasteiger partial charge on any atom is -0.395 e. The molecule has 6 nitrogen and oxygen atoms in total. The summed E-state index contributed by atoms with van der Waals surface area (Å²) < 4.78 is 1.52. The van der Waals surface area contributed by atoms with Crippen molar-refractivity contribution in [1.29, 1.82) is 0 Å². The minimum absolute atomic E-state index is 0.158.